The van der Waals surface area contributed by atoms with E-state index in [-0.39, 0.29) is 12.8 Å². The summed E-state index contributed by atoms with van der Waals surface area (Å²) < 4.78 is 25.3. The van der Waals surface area contributed by atoms with Gasteiger partial charge in [-0.25, -0.2) is 8.78 Å². The van der Waals surface area contributed by atoms with Crippen LogP contribution >= 0.6 is 0 Å². The van der Waals surface area contributed by atoms with Crippen molar-refractivity contribution in [3.8, 4) is 0 Å². The second-order valence-electron chi connectivity index (χ2n) is 3.21. The number of alkyl halides is 2. The van der Waals surface area contributed by atoms with Crippen molar-refractivity contribution in [1.29, 1.82) is 0 Å². The Bertz CT molecular complexity index is 196. The van der Waals surface area contributed by atoms with Crippen molar-refractivity contribution in [1.82, 2.24) is 0 Å². The van der Waals surface area contributed by atoms with Gasteiger partial charge in [0, 0.05) is 18.9 Å². The lowest BCUT2D eigenvalue weighted by Gasteiger charge is -2.31. The van der Waals surface area contributed by atoms with E-state index in [4.69, 9.17) is 10.8 Å². The van der Waals surface area contributed by atoms with E-state index < -0.39 is 30.3 Å². The highest BCUT2D eigenvalue weighted by Gasteiger charge is 2.43. The van der Waals surface area contributed by atoms with Crippen molar-refractivity contribution in [2.45, 2.75) is 31.2 Å². The molecular formula is C7H11F2NO2. The predicted molar refractivity (Wildman–Crippen MR) is 37.9 cm³/mol. The number of carboxylic acids is 1. The molecule has 3 nitrogen and oxygen atoms in total. The van der Waals surface area contributed by atoms with Crippen LogP contribution in [0.15, 0.2) is 0 Å². The van der Waals surface area contributed by atoms with Gasteiger partial charge in [-0.15, -0.1) is 0 Å². The highest BCUT2D eigenvalue weighted by molar-refractivity contribution is 5.71. The molecular weight excluding hydrogens is 168 g/mol. The van der Waals surface area contributed by atoms with Crippen molar-refractivity contribution in [3.63, 3.8) is 0 Å². The van der Waals surface area contributed by atoms with E-state index in [1.807, 2.05) is 0 Å². The molecule has 0 aliphatic heterocycles. The number of carboxylic acid groups (broad SMARTS) is 1. The predicted octanol–water partition coefficient (Wildman–Crippen LogP) is 0.834. The van der Waals surface area contributed by atoms with Gasteiger partial charge in [0.05, 0.1) is 5.92 Å². The van der Waals surface area contributed by atoms with Crippen LogP contribution in [0.1, 0.15) is 19.3 Å². The van der Waals surface area contributed by atoms with Crippen LogP contribution in [0.4, 0.5) is 8.78 Å². The lowest BCUT2D eigenvalue weighted by molar-refractivity contribution is -0.150. The van der Waals surface area contributed by atoms with Crippen LogP contribution in [0.25, 0.3) is 0 Å². The Balaban J connectivity index is 2.66. The molecule has 1 aliphatic carbocycles. The van der Waals surface area contributed by atoms with Crippen LogP contribution < -0.4 is 5.73 Å². The van der Waals surface area contributed by atoms with Crippen molar-refractivity contribution in [3.05, 3.63) is 0 Å². The number of aliphatic carboxylic acids is 1. The van der Waals surface area contributed by atoms with Gasteiger partial charge < -0.3 is 10.8 Å². The molecule has 1 aliphatic rings. The molecule has 0 aromatic heterocycles. The Morgan fingerprint density at radius 2 is 2.17 bits per heavy atom. The Hall–Kier alpha value is -0.710. The molecule has 0 radical (unpaired) electrons. The Morgan fingerprint density at radius 3 is 2.58 bits per heavy atom. The number of hydrogen-bond acceptors (Lipinski definition) is 2. The van der Waals surface area contributed by atoms with Crippen LogP contribution in [0, 0.1) is 5.92 Å². The maximum absolute atomic E-state index is 12.7. The average molecular weight is 179 g/mol. The van der Waals surface area contributed by atoms with E-state index in [0.717, 1.165) is 0 Å². The molecule has 0 amide bonds. The molecule has 5 heteroatoms. The van der Waals surface area contributed by atoms with Crippen LogP contribution in [0.2, 0.25) is 0 Å². The maximum atomic E-state index is 12.7. The Kier molecular flexibility index (Phi) is 2.32. The normalized spacial score (nSPS) is 34.6. The van der Waals surface area contributed by atoms with Crippen LogP contribution in [0.3, 0.4) is 0 Å². The van der Waals surface area contributed by atoms with E-state index in [0.29, 0.717) is 0 Å². The smallest absolute Gasteiger partial charge is 0.308 e. The molecule has 70 valence electrons. The lowest BCUT2D eigenvalue weighted by Crippen LogP contribution is -2.44. The molecule has 0 bridgehead atoms. The molecule has 1 rings (SSSR count). The van der Waals surface area contributed by atoms with Gasteiger partial charge in [-0.3, -0.25) is 4.79 Å². The third-order valence-electron chi connectivity index (χ3n) is 2.20. The largest absolute Gasteiger partial charge is 0.481 e. The van der Waals surface area contributed by atoms with Crippen molar-refractivity contribution in [2.24, 2.45) is 11.7 Å². The number of rotatable bonds is 1. The molecule has 0 aromatic carbocycles. The summed E-state index contributed by atoms with van der Waals surface area (Å²) in [4.78, 5) is 10.4. The van der Waals surface area contributed by atoms with Gasteiger partial charge in [0.15, 0.2) is 0 Å². The van der Waals surface area contributed by atoms with E-state index in [2.05, 4.69) is 0 Å². The summed E-state index contributed by atoms with van der Waals surface area (Å²) in [6, 6.07) is -0.623. The van der Waals surface area contributed by atoms with E-state index >= 15 is 0 Å². The van der Waals surface area contributed by atoms with E-state index in [1.54, 1.807) is 0 Å². The Morgan fingerprint density at radius 1 is 1.58 bits per heavy atom. The summed E-state index contributed by atoms with van der Waals surface area (Å²) in [6.07, 6.45) is -0.828. The van der Waals surface area contributed by atoms with Gasteiger partial charge in [-0.05, 0) is 6.42 Å². The lowest BCUT2D eigenvalue weighted by atomic mass is 9.83. The number of halogens is 2. The molecule has 12 heavy (non-hydrogen) atoms. The zero-order valence-electron chi connectivity index (χ0n) is 6.46. The minimum Gasteiger partial charge on any atom is -0.481 e. The minimum absolute atomic E-state index is 0.0873. The van der Waals surface area contributed by atoms with Crippen LogP contribution in [0.5, 0.6) is 0 Å². The summed E-state index contributed by atoms with van der Waals surface area (Å²) in [5.41, 5.74) is 5.39. The van der Waals surface area contributed by atoms with Crippen molar-refractivity contribution < 1.29 is 18.7 Å². The number of nitrogens with two attached hydrogens (primary N) is 1. The van der Waals surface area contributed by atoms with E-state index in [1.165, 1.54) is 0 Å². The van der Waals surface area contributed by atoms with Gasteiger partial charge in [0.25, 0.3) is 0 Å². The molecule has 0 aromatic rings. The van der Waals surface area contributed by atoms with Gasteiger partial charge in [-0.1, -0.05) is 0 Å². The highest BCUT2D eigenvalue weighted by atomic mass is 19.3. The van der Waals surface area contributed by atoms with Gasteiger partial charge in [-0.2, -0.15) is 0 Å². The first-order valence-electron chi connectivity index (χ1n) is 3.78. The quantitative estimate of drug-likeness (QED) is 0.626. The van der Waals surface area contributed by atoms with Gasteiger partial charge in [0.2, 0.25) is 5.92 Å². The van der Waals surface area contributed by atoms with Crippen molar-refractivity contribution in [2.75, 3.05) is 0 Å². The molecule has 0 heterocycles. The summed E-state index contributed by atoms with van der Waals surface area (Å²) >= 11 is 0. The van der Waals surface area contributed by atoms with Gasteiger partial charge in [0.1, 0.15) is 0 Å². The fraction of sp³-hybridized carbons (Fsp3) is 0.857. The Labute approximate surface area is 68.5 Å². The maximum Gasteiger partial charge on any atom is 0.308 e. The fourth-order valence-electron chi connectivity index (χ4n) is 1.42. The van der Waals surface area contributed by atoms with Crippen LogP contribution in [-0.2, 0) is 4.79 Å². The summed E-state index contributed by atoms with van der Waals surface area (Å²) in [6.45, 7) is 0. The first kappa shape index (κ1) is 9.38. The monoisotopic (exact) mass is 179 g/mol. The summed E-state index contributed by atoms with van der Waals surface area (Å²) in [5, 5.41) is 8.53. The standard InChI is InChI=1S/C7H11F2NO2/c8-7(9)2-1-5(10)4(3-7)6(11)12/h4-5H,1-3,10H2,(H,11,12). The third kappa shape index (κ3) is 1.91. The number of carbonyl (C=O) groups is 1. The SMILES string of the molecule is NC1CCC(F)(F)CC1C(=O)O. The zero-order chi connectivity index (χ0) is 9.35. The first-order chi connectivity index (χ1) is 5.42. The second kappa shape index (κ2) is 2.97. The average Bonchev–Trinajstić information content (AvgIpc) is 1.94. The summed E-state index contributed by atoms with van der Waals surface area (Å²) in [5.74, 6) is -5.16. The fourth-order valence-corrected chi connectivity index (χ4v) is 1.42. The molecule has 0 saturated heterocycles. The molecule has 3 N–H and O–H groups in total. The molecule has 0 spiro atoms. The van der Waals surface area contributed by atoms with Crippen LogP contribution in [-0.4, -0.2) is 23.0 Å². The molecule has 1 fully saturated rings. The van der Waals surface area contributed by atoms with Gasteiger partial charge >= 0.3 is 5.97 Å². The summed E-state index contributed by atoms with van der Waals surface area (Å²) in [7, 11) is 0. The van der Waals surface area contributed by atoms with Crippen molar-refractivity contribution >= 4 is 5.97 Å². The number of hydrogen-bond donors (Lipinski definition) is 2. The van der Waals surface area contributed by atoms with E-state index in [9.17, 15) is 13.6 Å². The topological polar surface area (TPSA) is 63.3 Å². The molecule has 2 unspecified atom stereocenters. The first-order valence-corrected chi connectivity index (χ1v) is 3.78. The third-order valence-corrected chi connectivity index (χ3v) is 2.20. The zero-order valence-corrected chi connectivity index (χ0v) is 6.46. The highest BCUT2D eigenvalue weighted by Crippen LogP contribution is 2.36. The second-order valence-corrected chi connectivity index (χ2v) is 3.21. The molecule has 1 saturated carbocycles. The minimum atomic E-state index is -2.85. The molecule has 2 atom stereocenters.